The van der Waals surface area contributed by atoms with Gasteiger partial charge in [-0.25, -0.2) is 4.39 Å². The predicted octanol–water partition coefficient (Wildman–Crippen LogP) is 4.22. The zero-order valence-corrected chi connectivity index (χ0v) is 21.2. The molecule has 9 nitrogen and oxygen atoms in total. The maximum absolute atomic E-state index is 14.3. The van der Waals surface area contributed by atoms with E-state index in [2.05, 4.69) is 25.7 Å². The Balaban J connectivity index is 1.72. The number of aromatic nitrogens is 5. The number of carbonyl (C=O) groups is 2. The Morgan fingerprint density at radius 3 is 2.43 bits per heavy atom. The lowest BCUT2D eigenvalue weighted by Crippen LogP contribution is -2.50. The van der Waals surface area contributed by atoms with Gasteiger partial charge in [0.2, 0.25) is 11.7 Å². The summed E-state index contributed by atoms with van der Waals surface area (Å²) in [7, 11) is 0. The molecule has 2 aromatic heterocycles. The molecule has 0 bridgehead atoms. The molecule has 0 aliphatic rings. The van der Waals surface area contributed by atoms with E-state index >= 15 is 0 Å². The Morgan fingerprint density at radius 1 is 1.08 bits per heavy atom. The van der Waals surface area contributed by atoms with Crippen molar-refractivity contribution < 1.29 is 14.0 Å². The van der Waals surface area contributed by atoms with Gasteiger partial charge >= 0.3 is 0 Å². The van der Waals surface area contributed by atoms with E-state index in [9.17, 15) is 14.0 Å². The summed E-state index contributed by atoms with van der Waals surface area (Å²) in [4.78, 5) is 33.7. The van der Waals surface area contributed by atoms with Gasteiger partial charge in [-0.2, -0.15) is 4.80 Å². The summed E-state index contributed by atoms with van der Waals surface area (Å²) in [6.45, 7) is 5.16. The first-order chi connectivity index (χ1) is 17.6. The van der Waals surface area contributed by atoms with E-state index < -0.39 is 29.2 Å². The van der Waals surface area contributed by atoms with Crippen LogP contribution in [0.1, 0.15) is 32.4 Å². The molecule has 1 N–H and O–H groups in total. The number of anilines is 1. The number of pyridine rings is 1. The fourth-order valence-electron chi connectivity index (χ4n) is 3.69. The molecule has 2 aromatic carbocycles. The van der Waals surface area contributed by atoms with Gasteiger partial charge in [-0.05, 0) is 86.1 Å². The highest BCUT2D eigenvalue weighted by Gasteiger charge is 2.35. The molecule has 1 atom stereocenters. The SMILES string of the molecule is CC(C)(C)NC(=O)[C@@H](c1ccncc1)N(C(=O)Cn1nnc(-c2ccc(Cl)cc2)n1)c1cccc(F)c1. The van der Waals surface area contributed by atoms with Gasteiger partial charge in [-0.1, -0.05) is 17.7 Å². The summed E-state index contributed by atoms with van der Waals surface area (Å²) >= 11 is 5.95. The van der Waals surface area contributed by atoms with Crippen LogP contribution in [0, 0.1) is 5.82 Å². The maximum Gasteiger partial charge on any atom is 0.251 e. The van der Waals surface area contributed by atoms with Crippen molar-refractivity contribution in [1.29, 1.82) is 0 Å². The lowest BCUT2D eigenvalue weighted by Gasteiger charge is -2.33. The molecule has 2 heterocycles. The highest BCUT2D eigenvalue weighted by molar-refractivity contribution is 6.30. The number of halogens is 2. The smallest absolute Gasteiger partial charge is 0.251 e. The molecule has 190 valence electrons. The molecule has 0 spiro atoms. The summed E-state index contributed by atoms with van der Waals surface area (Å²) in [5.41, 5.74) is 0.793. The zero-order chi connectivity index (χ0) is 26.6. The van der Waals surface area contributed by atoms with E-state index in [0.29, 0.717) is 22.0 Å². The van der Waals surface area contributed by atoms with Crippen LogP contribution in [0.4, 0.5) is 10.1 Å². The van der Waals surface area contributed by atoms with Gasteiger partial charge < -0.3 is 5.32 Å². The van der Waals surface area contributed by atoms with Crippen LogP contribution < -0.4 is 10.2 Å². The molecule has 2 amide bonds. The van der Waals surface area contributed by atoms with Crippen LogP contribution in [-0.2, 0) is 16.1 Å². The molecule has 11 heteroatoms. The Kier molecular flexibility index (Phi) is 7.58. The van der Waals surface area contributed by atoms with Crippen LogP contribution in [0.3, 0.4) is 0 Å². The molecule has 0 radical (unpaired) electrons. The highest BCUT2D eigenvalue weighted by atomic mass is 35.5. The highest BCUT2D eigenvalue weighted by Crippen LogP contribution is 2.29. The minimum absolute atomic E-state index is 0.203. The quantitative estimate of drug-likeness (QED) is 0.390. The van der Waals surface area contributed by atoms with Crippen LogP contribution in [0.15, 0.2) is 73.1 Å². The van der Waals surface area contributed by atoms with Crippen LogP contribution in [0.2, 0.25) is 5.02 Å². The number of amides is 2. The molecule has 0 unspecified atom stereocenters. The second kappa shape index (κ2) is 10.8. The van der Waals surface area contributed by atoms with Crippen molar-refractivity contribution in [2.24, 2.45) is 0 Å². The maximum atomic E-state index is 14.3. The van der Waals surface area contributed by atoms with Crippen molar-refractivity contribution >= 4 is 29.1 Å². The van der Waals surface area contributed by atoms with Crippen molar-refractivity contribution in [2.75, 3.05) is 4.90 Å². The van der Waals surface area contributed by atoms with E-state index in [4.69, 9.17) is 11.6 Å². The molecule has 4 rings (SSSR count). The third kappa shape index (κ3) is 6.53. The first-order valence-corrected chi connectivity index (χ1v) is 11.8. The van der Waals surface area contributed by atoms with Gasteiger partial charge in [-0.3, -0.25) is 19.5 Å². The van der Waals surface area contributed by atoms with Gasteiger partial charge in [0, 0.05) is 34.2 Å². The van der Waals surface area contributed by atoms with Crippen molar-refractivity contribution in [3.63, 3.8) is 0 Å². The van der Waals surface area contributed by atoms with Crippen LogP contribution >= 0.6 is 11.6 Å². The monoisotopic (exact) mass is 521 g/mol. The van der Waals surface area contributed by atoms with E-state index in [1.165, 1.54) is 35.5 Å². The van der Waals surface area contributed by atoms with E-state index in [1.54, 1.807) is 42.5 Å². The molecule has 4 aromatic rings. The summed E-state index contributed by atoms with van der Waals surface area (Å²) in [5, 5.41) is 15.8. The fourth-order valence-corrected chi connectivity index (χ4v) is 3.81. The van der Waals surface area contributed by atoms with Crippen molar-refractivity contribution in [1.82, 2.24) is 30.5 Å². The summed E-state index contributed by atoms with van der Waals surface area (Å²) in [6, 6.07) is 14.5. The third-order valence-corrected chi connectivity index (χ3v) is 5.47. The predicted molar refractivity (Wildman–Crippen MR) is 137 cm³/mol. The standard InChI is InChI=1S/C26H25ClFN7O2/c1-26(2,3)30-25(37)23(17-11-13-29-14-12-17)35(21-6-4-5-20(28)15-21)22(36)16-34-32-24(31-33-34)18-7-9-19(27)10-8-18/h4-15,23H,16H2,1-3H3,(H,30,37)/t23-/m1/s1. The molecule has 0 aliphatic carbocycles. The second-order valence-corrected chi connectivity index (χ2v) is 9.75. The summed E-state index contributed by atoms with van der Waals surface area (Å²) in [6.07, 6.45) is 3.05. The Morgan fingerprint density at radius 2 is 1.78 bits per heavy atom. The summed E-state index contributed by atoms with van der Waals surface area (Å²) in [5.74, 6) is -1.23. The van der Waals surface area contributed by atoms with E-state index in [-0.39, 0.29) is 12.2 Å². The number of rotatable bonds is 7. The number of hydrogen-bond acceptors (Lipinski definition) is 6. The third-order valence-electron chi connectivity index (χ3n) is 5.21. The molecule has 0 fully saturated rings. The van der Waals surface area contributed by atoms with Crippen LogP contribution in [0.25, 0.3) is 11.4 Å². The number of carbonyl (C=O) groups excluding carboxylic acids is 2. The minimum atomic E-state index is -1.12. The van der Waals surface area contributed by atoms with Crippen molar-refractivity contribution in [3.05, 3.63) is 89.5 Å². The normalized spacial score (nSPS) is 12.1. The first-order valence-electron chi connectivity index (χ1n) is 11.4. The Labute approximate surface area is 218 Å². The van der Waals surface area contributed by atoms with Gasteiger partial charge in [0.1, 0.15) is 18.4 Å². The lowest BCUT2D eigenvalue weighted by atomic mass is 10.0. The average Bonchev–Trinajstić information content (AvgIpc) is 3.30. The number of nitrogens with one attached hydrogen (secondary N) is 1. The molecular weight excluding hydrogens is 497 g/mol. The number of tetrazole rings is 1. The molecule has 0 saturated heterocycles. The summed E-state index contributed by atoms with van der Waals surface area (Å²) < 4.78 is 14.3. The second-order valence-electron chi connectivity index (χ2n) is 9.32. The van der Waals surface area contributed by atoms with Crippen LogP contribution in [-0.4, -0.2) is 42.5 Å². The first kappa shape index (κ1) is 25.9. The lowest BCUT2D eigenvalue weighted by molar-refractivity contribution is -0.128. The van der Waals surface area contributed by atoms with E-state index in [1.807, 2.05) is 20.8 Å². The minimum Gasteiger partial charge on any atom is -0.349 e. The van der Waals surface area contributed by atoms with Gasteiger partial charge in [0.15, 0.2) is 0 Å². The molecular formula is C26H25ClFN7O2. The van der Waals surface area contributed by atoms with Gasteiger partial charge in [0.25, 0.3) is 5.91 Å². The average molecular weight is 522 g/mol. The van der Waals surface area contributed by atoms with Crippen LogP contribution in [0.5, 0.6) is 0 Å². The number of benzene rings is 2. The Hall–Kier alpha value is -4.18. The topological polar surface area (TPSA) is 106 Å². The fraction of sp³-hybridized carbons (Fsp3) is 0.231. The number of nitrogens with zero attached hydrogens (tertiary/aromatic N) is 6. The zero-order valence-electron chi connectivity index (χ0n) is 20.5. The van der Waals surface area contributed by atoms with E-state index in [0.717, 1.165) is 4.80 Å². The largest absolute Gasteiger partial charge is 0.349 e. The van der Waals surface area contributed by atoms with Gasteiger partial charge in [0.05, 0.1) is 0 Å². The Bertz CT molecular complexity index is 1390. The van der Waals surface area contributed by atoms with Gasteiger partial charge in [-0.15, -0.1) is 10.2 Å². The molecule has 0 saturated carbocycles. The number of hydrogen-bond donors (Lipinski definition) is 1. The van der Waals surface area contributed by atoms with Crippen molar-refractivity contribution in [2.45, 2.75) is 38.9 Å². The molecule has 0 aliphatic heterocycles. The van der Waals surface area contributed by atoms with Crippen molar-refractivity contribution in [3.8, 4) is 11.4 Å². The molecule has 37 heavy (non-hydrogen) atoms.